The number of hydrogen-bond acceptors (Lipinski definition) is 6. The fraction of sp³-hybridized carbons (Fsp3) is 0.500. The van der Waals surface area contributed by atoms with Crippen LogP contribution in [0.15, 0.2) is 17.2 Å². The van der Waals surface area contributed by atoms with Gasteiger partial charge in [-0.15, -0.1) is 0 Å². The van der Waals surface area contributed by atoms with E-state index in [0.29, 0.717) is 13.2 Å². The van der Waals surface area contributed by atoms with Gasteiger partial charge in [-0.3, -0.25) is 4.79 Å². The molecule has 0 radical (unpaired) electrons. The van der Waals surface area contributed by atoms with E-state index < -0.39 is 16.1 Å². The van der Waals surface area contributed by atoms with Gasteiger partial charge in [0, 0.05) is 0 Å². The van der Waals surface area contributed by atoms with E-state index in [9.17, 15) is 13.2 Å². The van der Waals surface area contributed by atoms with Crippen molar-refractivity contribution in [1.29, 1.82) is 0 Å². The third-order valence-electron chi connectivity index (χ3n) is 6.17. The molecule has 0 bridgehead atoms. The molecule has 9 nitrogen and oxygen atoms in total. The van der Waals surface area contributed by atoms with Gasteiger partial charge in [-0.1, -0.05) is 6.07 Å². The summed E-state index contributed by atoms with van der Waals surface area (Å²) in [4.78, 5) is 12.5. The Labute approximate surface area is 203 Å². The number of aromatic nitrogens is 2. The average molecular weight is 454 g/mol. The molecule has 11 heteroatoms. The summed E-state index contributed by atoms with van der Waals surface area (Å²) < 4.78 is 36.2. The van der Waals surface area contributed by atoms with Crippen molar-refractivity contribution in [1.82, 2.24) is 15.1 Å². The first-order valence-corrected chi connectivity index (χ1v) is 11.7. The smallest absolute Gasteiger partial charge is 0.475 e. The molecule has 1 aliphatic heterocycles. The predicted molar refractivity (Wildman–Crippen MR) is 111 cm³/mol. The summed E-state index contributed by atoms with van der Waals surface area (Å²) in [5.41, 5.74) is 5.53. The summed E-state index contributed by atoms with van der Waals surface area (Å²) in [6, 6.07) is 1.41. The molecule has 0 spiro atoms. The molecule has 2 amide bonds. The number of hydrogen-bond donors (Lipinski definition) is 2. The van der Waals surface area contributed by atoms with Crippen LogP contribution in [-0.4, -0.2) is 43.9 Å². The van der Waals surface area contributed by atoms with Crippen molar-refractivity contribution >= 4 is 21.7 Å². The van der Waals surface area contributed by atoms with Crippen LogP contribution in [0.4, 0.5) is 10.5 Å². The van der Waals surface area contributed by atoms with Gasteiger partial charge in [-0.05, 0) is 73.5 Å². The van der Waals surface area contributed by atoms with Crippen LogP contribution < -0.4 is 44.9 Å². The number of carbonyl (C=O) groups is 1. The monoisotopic (exact) mass is 453 g/mol. The Balaban J connectivity index is 0.00000231. The van der Waals surface area contributed by atoms with E-state index in [4.69, 9.17) is 4.74 Å². The summed E-state index contributed by atoms with van der Waals surface area (Å²) in [5, 5.41) is 9.95. The number of likely N-dealkylation sites (N-methyl/N-ethyl adjacent to an activating group) is 1. The fourth-order valence-electron chi connectivity index (χ4n) is 4.68. The van der Waals surface area contributed by atoms with Crippen LogP contribution in [0, 0.1) is 0 Å². The molecular weight excluding hydrogens is 429 g/mol. The maximum Gasteiger partial charge on any atom is 1.00 e. The van der Waals surface area contributed by atoms with E-state index in [1.54, 1.807) is 7.05 Å². The molecule has 2 aromatic rings. The van der Waals surface area contributed by atoms with Gasteiger partial charge in [-0.2, -0.15) is 5.10 Å². The van der Waals surface area contributed by atoms with E-state index in [1.165, 1.54) is 22.0 Å². The molecule has 5 rings (SSSR count). The molecule has 0 saturated carbocycles. The van der Waals surface area contributed by atoms with Crippen LogP contribution in [0.5, 0.6) is 5.88 Å². The van der Waals surface area contributed by atoms with E-state index in [-0.39, 0.29) is 46.4 Å². The number of sulfonamides is 1. The van der Waals surface area contributed by atoms with Crippen LogP contribution in [0.1, 0.15) is 35.1 Å². The van der Waals surface area contributed by atoms with E-state index in [1.807, 2.05) is 0 Å². The topological polar surface area (TPSA) is 116 Å². The minimum Gasteiger partial charge on any atom is -0.475 e. The van der Waals surface area contributed by atoms with Gasteiger partial charge in [0.05, 0.1) is 18.8 Å². The maximum absolute atomic E-state index is 12.8. The molecule has 2 aliphatic carbocycles. The van der Waals surface area contributed by atoms with Gasteiger partial charge >= 0.3 is 29.6 Å². The van der Waals surface area contributed by atoms with Gasteiger partial charge in [0.25, 0.3) is 0 Å². The Kier molecular flexibility index (Phi) is 6.37. The van der Waals surface area contributed by atoms with Crippen molar-refractivity contribution in [2.45, 2.75) is 56.0 Å². The Morgan fingerprint density at radius 2 is 1.87 bits per heavy atom. The second kappa shape index (κ2) is 8.74. The van der Waals surface area contributed by atoms with Crippen LogP contribution in [-0.2, 0) is 42.3 Å². The summed E-state index contributed by atoms with van der Waals surface area (Å²) in [5.74, 6) is 0.125. The third kappa shape index (κ3) is 4.11. The molecule has 0 saturated heterocycles. The first-order valence-electron chi connectivity index (χ1n) is 10.3. The Morgan fingerprint density at radius 1 is 1.19 bits per heavy atom. The zero-order valence-corrected chi connectivity index (χ0v) is 20.6. The second-order valence-electron chi connectivity index (χ2n) is 8.02. The van der Waals surface area contributed by atoms with Crippen LogP contribution >= 0.6 is 0 Å². The van der Waals surface area contributed by atoms with Gasteiger partial charge in [-0.25, -0.2) is 13.1 Å². The van der Waals surface area contributed by atoms with Crippen LogP contribution in [0.2, 0.25) is 0 Å². The van der Waals surface area contributed by atoms with Crippen LogP contribution in [0.3, 0.4) is 0 Å². The molecule has 2 heterocycles. The van der Waals surface area contributed by atoms with Crippen molar-refractivity contribution < 1.29 is 47.5 Å². The van der Waals surface area contributed by atoms with Gasteiger partial charge in [0.1, 0.15) is 6.61 Å². The SMILES string of the molecule is CN[C@H]1COc2c(S(=O)(=O)[N-]C(=O)Nc3c4c(cc5c3CCC5)CCC4)cnn2C1.[Na+]. The molecule has 1 atom stereocenters. The van der Waals surface area contributed by atoms with Gasteiger partial charge in [0.2, 0.25) is 15.9 Å². The van der Waals surface area contributed by atoms with Crippen LogP contribution in [0.25, 0.3) is 4.72 Å². The second-order valence-corrected chi connectivity index (χ2v) is 9.60. The molecule has 0 fully saturated rings. The molecule has 160 valence electrons. The summed E-state index contributed by atoms with van der Waals surface area (Å²) in [7, 11) is -2.44. The van der Waals surface area contributed by atoms with E-state index >= 15 is 0 Å². The molecule has 2 N–H and O–H groups in total. The molecule has 1 aromatic heterocycles. The largest absolute Gasteiger partial charge is 1.00 e. The molecule has 1 aromatic carbocycles. The first-order chi connectivity index (χ1) is 14.5. The Bertz CT molecular complexity index is 1100. The normalized spacial score (nSPS) is 18.9. The number of carbonyl (C=O) groups excluding carboxylic acids is 1. The molecular formula is C20H24N5NaO4S. The fourth-order valence-corrected chi connectivity index (χ4v) is 5.61. The number of amides is 2. The molecule has 31 heavy (non-hydrogen) atoms. The van der Waals surface area contributed by atoms with Crippen molar-refractivity contribution in [3.63, 3.8) is 0 Å². The number of aryl methyl sites for hydroxylation is 2. The third-order valence-corrected chi connectivity index (χ3v) is 7.41. The number of nitrogens with zero attached hydrogens (tertiary/aromatic N) is 3. The number of ether oxygens (including phenoxy) is 1. The number of benzene rings is 1. The zero-order chi connectivity index (χ0) is 20.9. The first kappa shape index (κ1) is 22.6. The van der Waals surface area contributed by atoms with Crippen molar-refractivity contribution in [2.24, 2.45) is 0 Å². The zero-order valence-electron chi connectivity index (χ0n) is 17.8. The Hall–Kier alpha value is -1.59. The average Bonchev–Trinajstić information content (AvgIpc) is 3.45. The van der Waals surface area contributed by atoms with E-state index in [2.05, 4.69) is 26.5 Å². The maximum atomic E-state index is 12.8. The number of anilines is 1. The summed E-state index contributed by atoms with van der Waals surface area (Å²) >= 11 is 0. The quantitative estimate of drug-likeness (QED) is 0.582. The molecule has 0 unspecified atom stereocenters. The standard InChI is InChI=1S/C20H25N5O4S.Na/c1-21-14-10-25-19(29-11-14)17(9-22-25)30(27,28)24-20(26)23-18-15-6-2-4-12(15)8-13-5-3-7-16(13)18;/h8-9,14,21H,2-7,10-11H2,1H3,(H2,23,24,26);/q;+1/p-1/t14-;/m1./s1. The number of fused-ring (bicyclic) bond motifs is 3. The van der Waals surface area contributed by atoms with Gasteiger partial charge < -0.3 is 20.1 Å². The minimum absolute atomic E-state index is 0. The minimum atomic E-state index is -4.25. The van der Waals surface area contributed by atoms with Crippen molar-refractivity contribution in [3.05, 3.63) is 39.2 Å². The summed E-state index contributed by atoms with van der Waals surface area (Å²) in [6.45, 7) is 0.801. The predicted octanol–water partition coefficient (Wildman–Crippen LogP) is -0.861. The van der Waals surface area contributed by atoms with E-state index in [0.717, 1.165) is 55.3 Å². The number of rotatable bonds is 4. The summed E-state index contributed by atoms with van der Waals surface area (Å²) in [6.07, 6.45) is 7.05. The van der Waals surface area contributed by atoms with Crippen molar-refractivity contribution in [2.75, 3.05) is 19.0 Å². The van der Waals surface area contributed by atoms with Gasteiger partial charge in [0.15, 0.2) is 10.9 Å². The number of urea groups is 1. The Morgan fingerprint density at radius 3 is 2.52 bits per heavy atom. The van der Waals surface area contributed by atoms with Crippen molar-refractivity contribution in [3.8, 4) is 5.88 Å². The number of nitrogens with one attached hydrogen (secondary N) is 2. The molecule has 3 aliphatic rings.